The SMILES string of the molecule is COc1ccc2cc(C(=O)NCCc3ccco3)n(C)c2c1. The number of fused-ring (bicyclic) bond motifs is 1. The summed E-state index contributed by atoms with van der Waals surface area (Å²) in [5.41, 5.74) is 1.60. The van der Waals surface area contributed by atoms with Crippen LogP contribution in [0.3, 0.4) is 0 Å². The molecule has 2 heterocycles. The number of amides is 1. The number of nitrogens with one attached hydrogen (secondary N) is 1. The lowest BCUT2D eigenvalue weighted by Gasteiger charge is -2.06. The van der Waals surface area contributed by atoms with Gasteiger partial charge in [0.25, 0.3) is 5.91 Å². The van der Waals surface area contributed by atoms with Gasteiger partial charge < -0.3 is 19.0 Å². The standard InChI is InChI=1S/C17H18N2O3/c1-19-15-11-14(21-2)6-5-12(15)10-16(19)17(20)18-8-7-13-4-3-9-22-13/h3-6,9-11H,7-8H2,1-2H3,(H,18,20). The van der Waals surface area contributed by atoms with Crippen molar-refractivity contribution < 1.29 is 13.9 Å². The second kappa shape index (κ2) is 5.97. The van der Waals surface area contributed by atoms with Crippen molar-refractivity contribution >= 4 is 16.8 Å². The van der Waals surface area contributed by atoms with Crippen LogP contribution in [0.1, 0.15) is 16.2 Å². The van der Waals surface area contributed by atoms with Crippen LogP contribution in [0, 0.1) is 0 Å². The van der Waals surface area contributed by atoms with Crippen LogP contribution in [-0.2, 0) is 13.5 Å². The molecule has 1 N–H and O–H groups in total. The maximum Gasteiger partial charge on any atom is 0.267 e. The van der Waals surface area contributed by atoms with Gasteiger partial charge in [-0.05, 0) is 30.3 Å². The number of benzene rings is 1. The normalized spacial score (nSPS) is 10.8. The number of methoxy groups -OCH3 is 1. The Morgan fingerprint density at radius 3 is 2.91 bits per heavy atom. The summed E-state index contributed by atoms with van der Waals surface area (Å²) in [6.07, 6.45) is 2.31. The third-order valence-corrected chi connectivity index (χ3v) is 3.72. The number of furan rings is 1. The van der Waals surface area contributed by atoms with Crippen LogP contribution in [0.5, 0.6) is 5.75 Å². The summed E-state index contributed by atoms with van der Waals surface area (Å²) in [6.45, 7) is 0.539. The molecule has 0 bridgehead atoms. The number of carbonyl (C=O) groups is 1. The first-order valence-electron chi connectivity index (χ1n) is 7.13. The highest BCUT2D eigenvalue weighted by atomic mass is 16.5. The molecule has 1 amide bonds. The Hall–Kier alpha value is -2.69. The van der Waals surface area contributed by atoms with Crippen molar-refractivity contribution in [3.8, 4) is 5.75 Å². The van der Waals surface area contributed by atoms with E-state index < -0.39 is 0 Å². The molecule has 3 aromatic rings. The molecule has 0 aliphatic carbocycles. The van der Waals surface area contributed by atoms with Gasteiger partial charge in [0.05, 0.1) is 18.9 Å². The molecular weight excluding hydrogens is 280 g/mol. The Bertz CT molecular complexity index is 788. The van der Waals surface area contributed by atoms with Gasteiger partial charge in [0.2, 0.25) is 0 Å². The summed E-state index contributed by atoms with van der Waals surface area (Å²) in [5.74, 6) is 1.55. The molecule has 0 spiro atoms. The lowest BCUT2D eigenvalue weighted by Crippen LogP contribution is -2.27. The van der Waals surface area contributed by atoms with Gasteiger partial charge in [-0.3, -0.25) is 4.79 Å². The lowest BCUT2D eigenvalue weighted by molar-refractivity contribution is 0.0946. The molecular formula is C17H18N2O3. The molecule has 22 heavy (non-hydrogen) atoms. The molecule has 5 nitrogen and oxygen atoms in total. The van der Waals surface area contributed by atoms with E-state index >= 15 is 0 Å². The highest BCUT2D eigenvalue weighted by molar-refractivity contribution is 5.98. The Labute approximate surface area is 128 Å². The number of rotatable bonds is 5. The van der Waals surface area contributed by atoms with Gasteiger partial charge in [-0.1, -0.05) is 0 Å². The zero-order valence-corrected chi connectivity index (χ0v) is 12.6. The van der Waals surface area contributed by atoms with Crippen LogP contribution < -0.4 is 10.1 Å². The van der Waals surface area contributed by atoms with E-state index in [1.54, 1.807) is 13.4 Å². The number of hydrogen-bond acceptors (Lipinski definition) is 3. The third kappa shape index (κ3) is 2.70. The average Bonchev–Trinajstić information content (AvgIpc) is 3.15. The first kappa shape index (κ1) is 14.3. The van der Waals surface area contributed by atoms with E-state index in [1.165, 1.54) is 0 Å². The molecule has 0 unspecified atom stereocenters. The van der Waals surface area contributed by atoms with E-state index in [4.69, 9.17) is 9.15 Å². The van der Waals surface area contributed by atoms with Gasteiger partial charge in [0.1, 0.15) is 17.2 Å². The molecule has 0 radical (unpaired) electrons. The van der Waals surface area contributed by atoms with Crippen molar-refractivity contribution in [1.29, 1.82) is 0 Å². The zero-order valence-electron chi connectivity index (χ0n) is 12.6. The first-order valence-corrected chi connectivity index (χ1v) is 7.13. The number of carbonyl (C=O) groups excluding carboxylic acids is 1. The molecule has 5 heteroatoms. The molecule has 0 aliphatic rings. The number of aromatic nitrogens is 1. The molecule has 114 valence electrons. The van der Waals surface area contributed by atoms with Crippen LogP contribution >= 0.6 is 0 Å². The van der Waals surface area contributed by atoms with E-state index in [0.717, 1.165) is 22.4 Å². The van der Waals surface area contributed by atoms with E-state index in [-0.39, 0.29) is 5.91 Å². The average molecular weight is 298 g/mol. The quantitative estimate of drug-likeness (QED) is 0.788. The summed E-state index contributed by atoms with van der Waals surface area (Å²) >= 11 is 0. The van der Waals surface area contributed by atoms with Gasteiger partial charge in [0, 0.05) is 31.5 Å². The monoisotopic (exact) mass is 298 g/mol. The Kier molecular flexibility index (Phi) is 3.87. The van der Waals surface area contributed by atoms with Crippen LogP contribution in [0.15, 0.2) is 47.1 Å². The Morgan fingerprint density at radius 1 is 1.32 bits per heavy atom. The van der Waals surface area contributed by atoms with Crippen molar-refractivity contribution in [3.63, 3.8) is 0 Å². The minimum absolute atomic E-state index is 0.0933. The molecule has 0 saturated carbocycles. The molecule has 0 aliphatic heterocycles. The van der Waals surface area contributed by atoms with Crippen LogP contribution in [-0.4, -0.2) is 24.1 Å². The van der Waals surface area contributed by atoms with Crippen molar-refractivity contribution in [2.24, 2.45) is 7.05 Å². The van der Waals surface area contributed by atoms with Crippen LogP contribution in [0.25, 0.3) is 10.9 Å². The van der Waals surface area contributed by atoms with E-state index in [2.05, 4.69) is 5.32 Å². The van der Waals surface area contributed by atoms with Gasteiger partial charge in [-0.25, -0.2) is 0 Å². The van der Waals surface area contributed by atoms with E-state index in [1.807, 2.05) is 48.0 Å². The third-order valence-electron chi connectivity index (χ3n) is 3.72. The van der Waals surface area contributed by atoms with Crippen LogP contribution in [0.4, 0.5) is 0 Å². The fraction of sp³-hybridized carbons (Fsp3) is 0.235. The fourth-order valence-corrected chi connectivity index (χ4v) is 2.50. The van der Waals surface area contributed by atoms with E-state index in [0.29, 0.717) is 18.7 Å². The molecule has 0 fully saturated rings. The summed E-state index contributed by atoms with van der Waals surface area (Å²) < 4.78 is 12.4. The van der Waals surface area contributed by atoms with Crippen molar-refractivity contribution in [3.05, 3.63) is 54.1 Å². The highest BCUT2D eigenvalue weighted by Crippen LogP contribution is 2.23. The Morgan fingerprint density at radius 2 is 2.18 bits per heavy atom. The van der Waals surface area contributed by atoms with Gasteiger partial charge in [0.15, 0.2) is 0 Å². The fourth-order valence-electron chi connectivity index (χ4n) is 2.50. The van der Waals surface area contributed by atoms with E-state index in [9.17, 15) is 4.79 Å². The second-order valence-electron chi connectivity index (χ2n) is 5.10. The zero-order chi connectivity index (χ0) is 15.5. The molecule has 1 aromatic carbocycles. The lowest BCUT2D eigenvalue weighted by atomic mass is 10.2. The second-order valence-corrected chi connectivity index (χ2v) is 5.10. The van der Waals surface area contributed by atoms with Crippen molar-refractivity contribution in [2.45, 2.75) is 6.42 Å². The smallest absolute Gasteiger partial charge is 0.267 e. The van der Waals surface area contributed by atoms with Gasteiger partial charge in [-0.2, -0.15) is 0 Å². The van der Waals surface area contributed by atoms with Gasteiger partial charge in [-0.15, -0.1) is 0 Å². The minimum atomic E-state index is -0.0933. The Balaban J connectivity index is 1.74. The van der Waals surface area contributed by atoms with Gasteiger partial charge >= 0.3 is 0 Å². The summed E-state index contributed by atoms with van der Waals surface area (Å²) in [4.78, 5) is 12.3. The maximum absolute atomic E-state index is 12.3. The molecule has 3 rings (SSSR count). The topological polar surface area (TPSA) is 56.4 Å². The number of hydrogen-bond donors (Lipinski definition) is 1. The summed E-state index contributed by atoms with van der Waals surface area (Å²) in [6, 6.07) is 11.4. The summed E-state index contributed by atoms with van der Waals surface area (Å²) in [5, 5.41) is 3.93. The predicted molar refractivity (Wildman–Crippen MR) is 84.2 cm³/mol. The molecule has 2 aromatic heterocycles. The number of aryl methyl sites for hydroxylation is 1. The predicted octanol–water partition coefficient (Wildman–Crippen LogP) is 2.75. The van der Waals surface area contributed by atoms with Crippen molar-refractivity contribution in [1.82, 2.24) is 9.88 Å². The molecule has 0 saturated heterocycles. The van der Waals surface area contributed by atoms with Crippen LogP contribution in [0.2, 0.25) is 0 Å². The minimum Gasteiger partial charge on any atom is -0.497 e. The number of ether oxygens (including phenoxy) is 1. The highest BCUT2D eigenvalue weighted by Gasteiger charge is 2.13. The first-order chi connectivity index (χ1) is 10.7. The number of nitrogens with zero attached hydrogens (tertiary/aromatic N) is 1. The molecule has 0 atom stereocenters. The largest absolute Gasteiger partial charge is 0.497 e. The summed E-state index contributed by atoms with van der Waals surface area (Å²) in [7, 11) is 3.51. The van der Waals surface area contributed by atoms with Crippen molar-refractivity contribution in [2.75, 3.05) is 13.7 Å². The maximum atomic E-state index is 12.3.